The van der Waals surface area contributed by atoms with Crippen molar-refractivity contribution >= 4 is 22.7 Å². The van der Waals surface area contributed by atoms with Crippen LogP contribution in [0.5, 0.6) is 5.75 Å². The molecule has 0 spiro atoms. The fraction of sp³-hybridized carbons (Fsp3) is 0.292. The van der Waals surface area contributed by atoms with Crippen LogP contribution in [0.1, 0.15) is 45.5 Å². The molecular formula is C24H22FN3O3. The molecule has 2 aliphatic rings. The van der Waals surface area contributed by atoms with E-state index in [9.17, 15) is 19.1 Å². The molecular weight excluding hydrogens is 397 g/mol. The number of carbonyl (C=O) groups is 2. The number of nitrogens with zero attached hydrogens (tertiary/aromatic N) is 2. The fourth-order valence-corrected chi connectivity index (χ4v) is 4.76. The number of amides is 2. The number of pyridine rings is 1. The Morgan fingerprint density at radius 3 is 2.61 bits per heavy atom. The number of benzene rings is 2. The number of hydrogen-bond donors (Lipinski definition) is 2. The van der Waals surface area contributed by atoms with Crippen LogP contribution < -0.4 is 5.32 Å². The van der Waals surface area contributed by atoms with Gasteiger partial charge < -0.3 is 15.3 Å². The van der Waals surface area contributed by atoms with Crippen molar-refractivity contribution in [2.24, 2.45) is 0 Å². The normalized spacial score (nSPS) is 16.5. The highest BCUT2D eigenvalue weighted by molar-refractivity contribution is 6.10. The number of rotatable bonds is 4. The molecule has 3 aromatic rings. The molecule has 7 heteroatoms. The van der Waals surface area contributed by atoms with Crippen molar-refractivity contribution in [1.29, 1.82) is 0 Å². The monoisotopic (exact) mass is 419 g/mol. The van der Waals surface area contributed by atoms with Gasteiger partial charge in [0.25, 0.3) is 5.91 Å². The Labute approximate surface area is 178 Å². The summed E-state index contributed by atoms with van der Waals surface area (Å²) in [5.41, 5.74) is 3.17. The summed E-state index contributed by atoms with van der Waals surface area (Å²) in [4.78, 5) is 31.7. The first-order valence-electron chi connectivity index (χ1n) is 10.2. The van der Waals surface area contributed by atoms with Crippen LogP contribution in [-0.4, -0.2) is 40.9 Å². The van der Waals surface area contributed by atoms with Crippen molar-refractivity contribution in [2.45, 2.75) is 31.2 Å². The highest BCUT2D eigenvalue weighted by Gasteiger charge is 2.54. The SMILES string of the molecule is CNC(=O)C1(c2c3c(c(O)c4ncc(Cc5ccc(F)cc5)cc24)C(=O)N(C)C3)CC1. The third-order valence-electron chi connectivity index (χ3n) is 6.45. The molecule has 0 saturated heterocycles. The molecule has 2 aromatic carbocycles. The average Bonchev–Trinajstić information content (AvgIpc) is 3.50. The zero-order valence-electron chi connectivity index (χ0n) is 17.3. The minimum atomic E-state index is -0.716. The second-order valence-corrected chi connectivity index (χ2v) is 8.44. The van der Waals surface area contributed by atoms with Crippen molar-refractivity contribution in [3.63, 3.8) is 0 Å². The molecule has 0 bridgehead atoms. The fourth-order valence-electron chi connectivity index (χ4n) is 4.76. The van der Waals surface area contributed by atoms with E-state index >= 15 is 0 Å². The molecule has 2 N–H and O–H groups in total. The second-order valence-electron chi connectivity index (χ2n) is 8.44. The number of aromatic nitrogens is 1. The maximum atomic E-state index is 13.3. The van der Waals surface area contributed by atoms with Gasteiger partial charge in [-0.05, 0) is 59.7 Å². The Balaban J connectivity index is 1.74. The number of carbonyl (C=O) groups excluding carboxylic acids is 2. The molecule has 0 radical (unpaired) electrons. The summed E-state index contributed by atoms with van der Waals surface area (Å²) in [6, 6.07) is 8.22. The van der Waals surface area contributed by atoms with Crippen LogP contribution >= 0.6 is 0 Å². The van der Waals surface area contributed by atoms with E-state index in [-0.39, 0.29) is 28.9 Å². The molecule has 0 unspecified atom stereocenters. The lowest BCUT2D eigenvalue weighted by Crippen LogP contribution is -2.33. The van der Waals surface area contributed by atoms with Gasteiger partial charge in [-0.25, -0.2) is 4.39 Å². The van der Waals surface area contributed by atoms with Crippen LogP contribution in [0.2, 0.25) is 0 Å². The third-order valence-corrected chi connectivity index (χ3v) is 6.45. The van der Waals surface area contributed by atoms with Crippen LogP contribution in [0, 0.1) is 5.82 Å². The van der Waals surface area contributed by atoms with Gasteiger partial charge in [-0.3, -0.25) is 14.6 Å². The zero-order valence-corrected chi connectivity index (χ0v) is 17.3. The smallest absolute Gasteiger partial charge is 0.258 e. The number of likely N-dealkylation sites (N-methyl/N-ethyl adjacent to an activating group) is 1. The molecule has 5 rings (SSSR count). The first kappa shape index (κ1) is 19.5. The Kier molecular flexibility index (Phi) is 4.25. The lowest BCUT2D eigenvalue weighted by molar-refractivity contribution is -0.123. The largest absolute Gasteiger partial charge is 0.505 e. The van der Waals surface area contributed by atoms with E-state index in [1.54, 1.807) is 37.3 Å². The zero-order chi connectivity index (χ0) is 21.9. The standard InChI is InChI=1S/C24H22FN3O3/c1-26-23(31)24(7-8-24)19-16-10-14(9-13-3-5-15(25)6-4-13)11-27-20(16)21(29)18-17(19)12-28(2)22(18)30/h3-6,10-11,29H,7-9,12H2,1-2H3,(H,26,31). The number of halogens is 1. The van der Waals surface area contributed by atoms with Gasteiger partial charge >= 0.3 is 0 Å². The quantitative estimate of drug-likeness (QED) is 0.681. The van der Waals surface area contributed by atoms with Gasteiger partial charge in [0.15, 0.2) is 5.75 Å². The highest BCUT2D eigenvalue weighted by Crippen LogP contribution is 2.55. The molecule has 158 valence electrons. The Morgan fingerprint density at radius 2 is 1.97 bits per heavy atom. The topological polar surface area (TPSA) is 82.5 Å². The van der Waals surface area contributed by atoms with Gasteiger partial charge in [-0.2, -0.15) is 0 Å². The first-order valence-corrected chi connectivity index (χ1v) is 10.2. The van der Waals surface area contributed by atoms with Crippen LogP contribution in [0.25, 0.3) is 10.9 Å². The van der Waals surface area contributed by atoms with E-state index in [2.05, 4.69) is 10.3 Å². The lowest BCUT2D eigenvalue weighted by atomic mass is 9.84. The Bertz CT molecular complexity index is 1250. The van der Waals surface area contributed by atoms with Crippen molar-refractivity contribution < 1.29 is 19.1 Å². The minimum Gasteiger partial charge on any atom is -0.505 e. The molecule has 2 heterocycles. The maximum absolute atomic E-state index is 13.3. The number of phenols is 1. The van der Waals surface area contributed by atoms with Crippen molar-refractivity contribution in [2.75, 3.05) is 14.1 Å². The van der Waals surface area contributed by atoms with E-state index in [0.29, 0.717) is 42.3 Å². The second kappa shape index (κ2) is 6.77. The van der Waals surface area contributed by atoms with Gasteiger partial charge in [0.05, 0.1) is 11.0 Å². The highest BCUT2D eigenvalue weighted by atomic mass is 19.1. The van der Waals surface area contributed by atoms with Crippen molar-refractivity contribution in [3.05, 3.63) is 70.2 Å². The van der Waals surface area contributed by atoms with Gasteiger partial charge in [-0.15, -0.1) is 0 Å². The Morgan fingerprint density at radius 1 is 1.26 bits per heavy atom. The van der Waals surface area contributed by atoms with Gasteiger partial charge in [0.1, 0.15) is 11.3 Å². The van der Waals surface area contributed by atoms with Gasteiger partial charge in [0.2, 0.25) is 5.91 Å². The third kappa shape index (κ3) is 2.87. The predicted molar refractivity (Wildman–Crippen MR) is 113 cm³/mol. The van der Waals surface area contributed by atoms with E-state index < -0.39 is 5.41 Å². The van der Waals surface area contributed by atoms with Crippen LogP contribution in [0.3, 0.4) is 0 Å². The minimum absolute atomic E-state index is 0.0902. The summed E-state index contributed by atoms with van der Waals surface area (Å²) in [6.07, 6.45) is 3.55. The molecule has 1 aliphatic heterocycles. The van der Waals surface area contributed by atoms with Crippen LogP contribution in [0.4, 0.5) is 4.39 Å². The van der Waals surface area contributed by atoms with E-state index in [1.807, 2.05) is 6.07 Å². The molecule has 0 atom stereocenters. The van der Waals surface area contributed by atoms with Crippen molar-refractivity contribution in [3.8, 4) is 5.75 Å². The van der Waals surface area contributed by atoms with E-state index in [4.69, 9.17) is 0 Å². The summed E-state index contributed by atoms with van der Waals surface area (Å²) in [5, 5.41) is 14.4. The number of hydrogen-bond acceptors (Lipinski definition) is 4. The van der Waals surface area contributed by atoms with Gasteiger partial charge in [-0.1, -0.05) is 12.1 Å². The average molecular weight is 419 g/mol. The van der Waals surface area contributed by atoms with Crippen LogP contribution in [-0.2, 0) is 23.2 Å². The molecule has 1 aromatic heterocycles. The maximum Gasteiger partial charge on any atom is 0.258 e. The molecule has 6 nitrogen and oxygen atoms in total. The number of fused-ring (bicyclic) bond motifs is 2. The molecule has 1 fully saturated rings. The number of nitrogens with one attached hydrogen (secondary N) is 1. The summed E-state index contributed by atoms with van der Waals surface area (Å²) in [5.74, 6) is -0.782. The summed E-state index contributed by atoms with van der Waals surface area (Å²) in [6.45, 7) is 0.341. The summed E-state index contributed by atoms with van der Waals surface area (Å²) < 4.78 is 13.3. The molecule has 2 amide bonds. The van der Waals surface area contributed by atoms with E-state index in [1.165, 1.54) is 12.1 Å². The van der Waals surface area contributed by atoms with Crippen molar-refractivity contribution in [1.82, 2.24) is 15.2 Å². The lowest BCUT2D eigenvalue weighted by Gasteiger charge is -2.21. The number of phenolic OH excluding ortho intramolecular Hbond substituents is 1. The van der Waals surface area contributed by atoms with Gasteiger partial charge in [0, 0.05) is 32.2 Å². The van der Waals surface area contributed by atoms with E-state index in [0.717, 1.165) is 16.7 Å². The Hall–Kier alpha value is -3.48. The summed E-state index contributed by atoms with van der Waals surface area (Å²) >= 11 is 0. The van der Waals surface area contributed by atoms with Crippen LogP contribution in [0.15, 0.2) is 36.5 Å². The summed E-state index contributed by atoms with van der Waals surface area (Å²) in [7, 11) is 3.30. The molecule has 1 aliphatic carbocycles. The first-order chi connectivity index (χ1) is 14.9. The number of aromatic hydroxyl groups is 1. The molecule has 31 heavy (non-hydrogen) atoms. The molecule has 1 saturated carbocycles. The predicted octanol–water partition coefficient (Wildman–Crippen LogP) is 3.03.